The van der Waals surface area contributed by atoms with Gasteiger partial charge in [0.05, 0.1) is 5.02 Å². The van der Waals surface area contributed by atoms with Crippen LogP contribution in [0.2, 0.25) is 5.02 Å². The van der Waals surface area contributed by atoms with Crippen LogP contribution in [-0.4, -0.2) is 5.11 Å². The summed E-state index contributed by atoms with van der Waals surface area (Å²) in [5, 5.41) is 9.15. The lowest BCUT2D eigenvalue weighted by Gasteiger charge is -2.15. The molecule has 0 aliphatic carbocycles. The Hall–Kier alpha value is -0.800. The third kappa shape index (κ3) is 3.08. The van der Waals surface area contributed by atoms with Gasteiger partial charge in [-0.2, -0.15) is 0 Å². The maximum atomic E-state index is 13.1. The fourth-order valence-corrected chi connectivity index (χ4v) is 1.66. The molecule has 0 heterocycles. The minimum atomic E-state index is -0.725. The van der Waals surface area contributed by atoms with Gasteiger partial charge in [-0.1, -0.05) is 25.4 Å². The van der Waals surface area contributed by atoms with Crippen LogP contribution in [0.4, 0.5) is 4.39 Å². The van der Waals surface area contributed by atoms with Crippen LogP contribution in [0.25, 0.3) is 0 Å². The highest BCUT2D eigenvalue weighted by atomic mass is 35.5. The van der Waals surface area contributed by atoms with E-state index >= 15 is 0 Å². The van der Waals surface area contributed by atoms with Crippen LogP contribution in [0.5, 0.6) is 5.75 Å². The second-order valence-electron chi connectivity index (χ2n) is 4.07. The molecule has 1 unspecified atom stereocenters. The fourth-order valence-electron chi connectivity index (χ4n) is 1.44. The van der Waals surface area contributed by atoms with E-state index in [1.54, 1.807) is 0 Å². The SMILES string of the molecule is CC(C)CC(N)c1cc(F)c(O)c(Cl)c1. The number of nitrogens with two attached hydrogens (primary N) is 1. The maximum absolute atomic E-state index is 13.1. The van der Waals surface area contributed by atoms with Crippen molar-refractivity contribution in [1.82, 2.24) is 0 Å². The average Bonchev–Trinajstić information content (AvgIpc) is 2.12. The summed E-state index contributed by atoms with van der Waals surface area (Å²) in [4.78, 5) is 0. The lowest BCUT2D eigenvalue weighted by atomic mass is 9.98. The lowest BCUT2D eigenvalue weighted by Crippen LogP contribution is -2.13. The number of phenolic OH excluding ortho intramolecular Hbond substituents is 1. The zero-order valence-electron chi connectivity index (χ0n) is 8.80. The Morgan fingerprint density at radius 2 is 2.07 bits per heavy atom. The molecule has 0 aliphatic heterocycles. The normalized spacial score (nSPS) is 13.2. The van der Waals surface area contributed by atoms with E-state index < -0.39 is 11.6 Å². The van der Waals surface area contributed by atoms with Crippen molar-refractivity contribution in [3.05, 3.63) is 28.5 Å². The number of hydrogen-bond donors (Lipinski definition) is 2. The van der Waals surface area contributed by atoms with Crippen LogP contribution in [0.15, 0.2) is 12.1 Å². The molecule has 4 heteroatoms. The van der Waals surface area contributed by atoms with Gasteiger partial charge in [-0.3, -0.25) is 0 Å². The molecule has 0 aromatic heterocycles. The Balaban J connectivity index is 2.95. The van der Waals surface area contributed by atoms with Gasteiger partial charge in [-0.15, -0.1) is 0 Å². The molecule has 3 N–H and O–H groups in total. The van der Waals surface area contributed by atoms with Crippen molar-refractivity contribution >= 4 is 11.6 Å². The first-order valence-corrected chi connectivity index (χ1v) is 5.23. The van der Waals surface area contributed by atoms with E-state index in [-0.39, 0.29) is 11.1 Å². The van der Waals surface area contributed by atoms with Crippen molar-refractivity contribution < 1.29 is 9.50 Å². The van der Waals surface area contributed by atoms with Gasteiger partial charge < -0.3 is 10.8 Å². The predicted octanol–water partition coefficient (Wildman–Crippen LogP) is 3.23. The quantitative estimate of drug-likeness (QED) is 0.839. The number of rotatable bonds is 3. The van der Waals surface area contributed by atoms with Gasteiger partial charge in [0.1, 0.15) is 0 Å². The second-order valence-corrected chi connectivity index (χ2v) is 4.48. The third-order valence-electron chi connectivity index (χ3n) is 2.19. The number of hydrogen-bond acceptors (Lipinski definition) is 2. The van der Waals surface area contributed by atoms with Crippen molar-refractivity contribution in [2.75, 3.05) is 0 Å². The van der Waals surface area contributed by atoms with Gasteiger partial charge in [-0.25, -0.2) is 4.39 Å². The summed E-state index contributed by atoms with van der Waals surface area (Å²) in [7, 11) is 0. The summed E-state index contributed by atoms with van der Waals surface area (Å²) in [6.07, 6.45) is 0.751. The molecule has 0 radical (unpaired) electrons. The molecule has 0 bridgehead atoms. The van der Waals surface area contributed by atoms with E-state index in [0.717, 1.165) is 6.42 Å². The first-order chi connectivity index (χ1) is 6.91. The molecule has 0 amide bonds. The van der Waals surface area contributed by atoms with E-state index in [2.05, 4.69) is 0 Å². The highest BCUT2D eigenvalue weighted by Gasteiger charge is 2.13. The molecule has 1 atom stereocenters. The molecular formula is C11H15ClFNO. The van der Waals surface area contributed by atoms with Gasteiger partial charge >= 0.3 is 0 Å². The van der Waals surface area contributed by atoms with Gasteiger partial charge in [0, 0.05) is 6.04 Å². The highest BCUT2D eigenvalue weighted by molar-refractivity contribution is 6.32. The summed E-state index contributed by atoms with van der Waals surface area (Å²) in [6.45, 7) is 4.08. The summed E-state index contributed by atoms with van der Waals surface area (Å²) in [6, 6.07) is 2.49. The minimum Gasteiger partial charge on any atom is -0.504 e. The smallest absolute Gasteiger partial charge is 0.170 e. The van der Waals surface area contributed by atoms with Crippen molar-refractivity contribution in [3.63, 3.8) is 0 Å². The number of benzene rings is 1. The van der Waals surface area contributed by atoms with E-state index in [0.29, 0.717) is 11.5 Å². The Bertz CT molecular complexity index is 331. The minimum absolute atomic E-state index is 0.00389. The Labute approximate surface area is 93.9 Å². The van der Waals surface area contributed by atoms with Crippen LogP contribution in [0.1, 0.15) is 31.9 Å². The Morgan fingerprint density at radius 1 is 1.47 bits per heavy atom. The zero-order valence-corrected chi connectivity index (χ0v) is 9.55. The molecule has 2 nitrogen and oxygen atoms in total. The van der Waals surface area contributed by atoms with Crippen molar-refractivity contribution in [2.45, 2.75) is 26.3 Å². The first-order valence-electron chi connectivity index (χ1n) is 4.85. The molecular weight excluding hydrogens is 217 g/mol. The summed E-state index contributed by atoms with van der Waals surface area (Å²) in [5.74, 6) is -0.815. The van der Waals surface area contributed by atoms with Crippen molar-refractivity contribution in [2.24, 2.45) is 11.7 Å². The molecule has 0 spiro atoms. The Kier molecular flexibility index (Phi) is 3.94. The molecule has 84 valence electrons. The van der Waals surface area contributed by atoms with Gasteiger partial charge in [-0.05, 0) is 30.0 Å². The standard InChI is InChI=1S/C11H15ClFNO/c1-6(2)3-10(14)7-4-8(12)11(15)9(13)5-7/h4-6,10,15H,3,14H2,1-2H3. The molecule has 15 heavy (non-hydrogen) atoms. The highest BCUT2D eigenvalue weighted by Crippen LogP contribution is 2.30. The van der Waals surface area contributed by atoms with Crippen LogP contribution in [0, 0.1) is 11.7 Å². The average molecular weight is 232 g/mol. The lowest BCUT2D eigenvalue weighted by molar-refractivity contribution is 0.430. The number of aromatic hydroxyl groups is 1. The maximum Gasteiger partial charge on any atom is 0.170 e. The number of halogens is 2. The van der Waals surface area contributed by atoms with E-state index in [4.69, 9.17) is 22.4 Å². The summed E-state index contributed by atoms with van der Waals surface area (Å²) in [5.41, 5.74) is 6.49. The number of phenols is 1. The fraction of sp³-hybridized carbons (Fsp3) is 0.455. The third-order valence-corrected chi connectivity index (χ3v) is 2.48. The predicted molar refractivity (Wildman–Crippen MR) is 59.5 cm³/mol. The monoisotopic (exact) mass is 231 g/mol. The summed E-state index contributed by atoms with van der Waals surface area (Å²) >= 11 is 5.65. The van der Waals surface area contributed by atoms with Crippen LogP contribution in [0.3, 0.4) is 0 Å². The van der Waals surface area contributed by atoms with E-state index in [1.165, 1.54) is 12.1 Å². The molecule has 0 fully saturated rings. The van der Waals surface area contributed by atoms with Gasteiger partial charge in [0.2, 0.25) is 0 Å². The Morgan fingerprint density at radius 3 is 2.53 bits per heavy atom. The van der Waals surface area contributed by atoms with Crippen LogP contribution < -0.4 is 5.73 Å². The molecule has 0 aliphatic rings. The van der Waals surface area contributed by atoms with Crippen LogP contribution >= 0.6 is 11.6 Å². The van der Waals surface area contributed by atoms with Gasteiger partial charge in [0.25, 0.3) is 0 Å². The van der Waals surface area contributed by atoms with Crippen LogP contribution in [-0.2, 0) is 0 Å². The van der Waals surface area contributed by atoms with E-state index in [1.807, 2.05) is 13.8 Å². The largest absolute Gasteiger partial charge is 0.504 e. The molecule has 0 saturated carbocycles. The topological polar surface area (TPSA) is 46.2 Å². The molecule has 1 aromatic rings. The molecule has 1 aromatic carbocycles. The zero-order chi connectivity index (χ0) is 11.6. The van der Waals surface area contributed by atoms with Crippen molar-refractivity contribution in [1.29, 1.82) is 0 Å². The van der Waals surface area contributed by atoms with Gasteiger partial charge in [0.15, 0.2) is 11.6 Å². The van der Waals surface area contributed by atoms with Crippen molar-refractivity contribution in [3.8, 4) is 5.75 Å². The molecule has 1 rings (SSSR count). The molecule has 0 saturated heterocycles. The first kappa shape index (κ1) is 12.3. The second kappa shape index (κ2) is 4.81. The summed E-state index contributed by atoms with van der Waals surface area (Å²) < 4.78 is 13.1. The van der Waals surface area contributed by atoms with E-state index in [9.17, 15) is 4.39 Å².